The van der Waals surface area contributed by atoms with Crippen LogP contribution >= 0.6 is 0 Å². The van der Waals surface area contributed by atoms with Gasteiger partial charge in [-0.15, -0.1) is 0 Å². The number of pyridine rings is 1. The minimum absolute atomic E-state index is 0.257. The van der Waals surface area contributed by atoms with Gasteiger partial charge in [-0.3, -0.25) is 0 Å². The lowest BCUT2D eigenvalue weighted by atomic mass is 9.78. The highest BCUT2D eigenvalue weighted by atomic mass is 19.1. The SMILES string of the molecule is CC1CCCC(Nc2ncccc2F)C1C. The Morgan fingerprint density at radius 2 is 2.19 bits per heavy atom. The lowest BCUT2D eigenvalue weighted by Gasteiger charge is -2.34. The molecular weight excluding hydrogens is 203 g/mol. The van der Waals surface area contributed by atoms with E-state index in [4.69, 9.17) is 0 Å². The second-order valence-electron chi connectivity index (χ2n) is 4.85. The molecule has 1 aliphatic rings. The summed E-state index contributed by atoms with van der Waals surface area (Å²) in [5.41, 5.74) is 0. The Labute approximate surface area is 96.3 Å². The zero-order chi connectivity index (χ0) is 11.5. The van der Waals surface area contributed by atoms with Gasteiger partial charge in [0.05, 0.1) is 0 Å². The number of hydrogen-bond acceptors (Lipinski definition) is 2. The fourth-order valence-electron chi connectivity index (χ4n) is 2.45. The lowest BCUT2D eigenvalue weighted by Crippen LogP contribution is -2.35. The number of anilines is 1. The molecule has 1 fully saturated rings. The van der Waals surface area contributed by atoms with Gasteiger partial charge in [-0.2, -0.15) is 0 Å². The zero-order valence-corrected chi connectivity index (χ0v) is 9.91. The van der Waals surface area contributed by atoms with Crippen LogP contribution in [0.1, 0.15) is 33.1 Å². The highest BCUT2D eigenvalue weighted by Crippen LogP contribution is 2.31. The van der Waals surface area contributed by atoms with Crippen LogP contribution in [0.15, 0.2) is 18.3 Å². The Morgan fingerprint density at radius 3 is 2.94 bits per heavy atom. The molecule has 0 saturated heterocycles. The van der Waals surface area contributed by atoms with Crippen molar-refractivity contribution >= 4 is 5.82 Å². The quantitative estimate of drug-likeness (QED) is 0.829. The fraction of sp³-hybridized carbons (Fsp3) is 0.615. The van der Waals surface area contributed by atoms with Crippen molar-refractivity contribution in [3.63, 3.8) is 0 Å². The predicted molar refractivity (Wildman–Crippen MR) is 63.8 cm³/mol. The van der Waals surface area contributed by atoms with Crippen LogP contribution in [-0.4, -0.2) is 11.0 Å². The van der Waals surface area contributed by atoms with Gasteiger partial charge in [0, 0.05) is 12.2 Å². The van der Waals surface area contributed by atoms with Crippen LogP contribution in [0.2, 0.25) is 0 Å². The summed E-state index contributed by atoms with van der Waals surface area (Å²) in [6.07, 6.45) is 5.24. The van der Waals surface area contributed by atoms with Crippen molar-refractivity contribution in [3.05, 3.63) is 24.1 Å². The lowest BCUT2D eigenvalue weighted by molar-refractivity contribution is 0.252. The van der Waals surface area contributed by atoms with Crippen molar-refractivity contribution in [3.8, 4) is 0 Å². The first-order valence-corrected chi connectivity index (χ1v) is 6.05. The molecule has 0 aliphatic heterocycles. The van der Waals surface area contributed by atoms with Gasteiger partial charge in [-0.25, -0.2) is 9.37 Å². The molecule has 0 amide bonds. The van der Waals surface area contributed by atoms with Crippen LogP contribution in [0.4, 0.5) is 10.2 Å². The molecule has 1 aromatic rings. The van der Waals surface area contributed by atoms with Crippen molar-refractivity contribution < 1.29 is 4.39 Å². The predicted octanol–water partition coefficient (Wildman–Crippen LogP) is 3.46. The van der Waals surface area contributed by atoms with Gasteiger partial charge >= 0.3 is 0 Å². The minimum atomic E-state index is -0.257. The molecule has 0 radical (unpaired) electrons. The maximum atomic E-state index is 13.4. The summed E-state index contributed by atoms with van der Waals surface area (Å²) in [6, 6.07) is 3.42. The van der Waals surface area contributed by atoms with E-state index >= 15 is 0 Å². The van der Waals surface area contributed by atoms with Crippen LogP contribution in [0.5, 0.6) is 0 Å². The maximum absolute atomic E-state index is 13.4. The molecule has 3 unspecified atom stereocenters. The van der Waals surface area contributed by atoms with Crippen molar-refractivity contribution in [2.45, 2.75) is 39.2 Å². The zero-order valence-electron chi connectivity index (χ0n) is 9.91. The molecule has 3 heteroatoms. The minimum Gasteiger partial charge on any atom is -0.365 e. The number of aromatic nitrogens is 1. The van der Waals surface area contributed by atoms with Crippen molar-refractivity contribution in [1.82, 2.24) is 4.98 Å². The third-order valence-corrected chi connectivity index (χ3v) is 3.79. The molecule has 3 atom stereocenters. The molecule has 0 bridgehead atoms. The molecule has 2 nitrogen and oxygen atoms in total. The van der Waals surface area contributed by atoms with Crippen molar-refractivity contribution in [2.75, 3.05) is 5.32 Å². The Bertz CT molecular complexity index is 354. The molecular formula is C13H19FN2. The van der Waals surface area contributed by atoms with Gasteiger partial charge < -0.3 is 5.32 Å². The van der Waals surface area contributed by atoms with E-state index in [9.17, 15) is 4.39 Å². The molecule has 1 heterocycles. The van der Waals surface area contributed by atoms with Gasteiger partial charge in [-0.1, -0.05) is 26.7 Å². The largest absolute Gasteiger partial charge is 0.365 e. The first-order valence-electron chi connectivity index (χ1n) is 6.05. The number of hydrogen-bond donors (Lipinski definition) is 1. The fourth-order valence-corrected chi connectivity index (χ4v) is 2.45. The summed E-state index contributed by atoms with van der Waals surface area (Å²) in [5.74, 6) is 1.43. The van der Waals surface area contributed by atoms with Gasteiger partial charge in [0.15, 0.2) is 11.6 Å². The third kappa shape index (κ3) is 2.34. The van der Waals surface area contributed by atoms with E-state index < -0.39 is 0 Å². The summed E-state index contributed by atoms with van der Waals surface area (Å²) in [6.45, 7) is 4.51. The highest BCUT2D eigenvalue weighted by Gasteiger charge is 2.27. The average Bonchev–Trinajstić information content (AvgIpc) is 2.28. The van der Waals surface area contributed by atoms with Gasteiger partial charge in [0.25, 0.3) is 0 Å². The molecule has 0 spiro atoms. The smallest absolute Gasteiger partial charge is 0.165 e. The number of nitrogens with zero attached hydrogens (tertiary/aromatic N) is 1. The molecule has 1 saturated carbocycles. The normalized spacial score (nSPS) is 30.1. The molecule has 1 aliphatic carbocycles. The van der Waals surface area contributed by atoms with Crippen LogP contribution in [-0.2, 0) is 0 Å². The molecule has 2 rings (SSSR count). The number of halogens is 1. The summed E-state index contributed by atoms with van der Waals surface area (Å²) in [7, 11) is 0. The molecule has 1 N–H and O–H groups in total. The molecule has 0 aromatic carbocycles. The highest BCUT2D eigenvalue weighted by molar-refractivity contribution is 5.36. The molecule has 1 aromatic heterocycles. The number of rotatable bonds is 2. The van der Waals surface area contributed by atoms with Gasteiger partial charge in [0.2, 0.25) is 0 Å². The van der Waals surface area contributed by atoms with E-state index in [1.54, 1.807) is 12.3 Å². The van der Waals surface area contributed by atoms with Crippen molar-refractivity contribution in [1.29, 1.82) is 0 Å². The van der Waals surface area contributed by atoms with Crippen LogP contribution in [0.3, 0.4) is 0 Å². The van der Waals surface area contributed by atoms with E-state index in [1.807, 2.05) is 0 Å². The van der Waals surface area contributed by atoms with E-state index in [1.165, 1.54) is 18.9 Å². The second kappa shape index (κ2) is 4.81. The molecule has 88 valence electrons. The summed E-state index contributed by atoms with van der Waals surface area (Å²) < 4.78 is 13.4. The van der Waals surface area contributed by atoms with Crippen LogP contribution in [0, 0.1) is 17.7 Å². The summed E-state index contributed by atoms with van der Waals surface area (Å²) in [5, 5.41) is 3.24. The second-order valence-corrected chi connectivity index (χ2v) is 4.85. The van der Waals surface area contributed by atoms with Gasteiger partial charge in [0.1, 0.15) is 0 Å². The number of nitrogens with one attached hydrogen (secondary N) is 1. The van der Waals surface area contributed by atoms with Crippen LogP contribution < -0.4 is 5.32 Å². The van der Waals surface area contributed by atoms with Crippen molar-refractivity contribution in [2.24, 2.45) is 11.8 Å². The average molecular weight is 222 g/mol. The topological polar surface area (TPSA) is 24.9 Å². The Hall–Kier alpha value is -1.12. The van der Waals surface area contributed by atoms with E-state index in [0.29, 0.717) is 23.7 Å². The third-order valence-electron chi connectivity index (χ3n) is 3.79. The Kier molecular flexibility index (Phi) is 3.42. The Morgan fingerprint density at radius 1 is 1.38 bits per heavy atom. The summed E-state index contributed by atoms with van der Waals surface area (Å²) in [4.78, 5) is 4.05. The van der Waals surface area contributed by atoms with E-state index in [0.717, 1.165) is 6.42 Å². The first-order chi connectivity index (χ1) is 7.68. The molecule has 16 heavy (non-hydrogen) atoms. The monoisotopic (exact) mass is 222 g/mol. The standard InChI is InChI=1S/C13H19FN2/c1-9-5-3-7-12(10(9)2)16-13-11(14)6-4-8-15-13/h4,6,8-10,12H,3,5,7H2,1-2H3,(H,15,16). The first kappa shape index (κ1) is 11.4. The summed E-state index contributed by atoms with van der Waals surface area (Å²) >= 11 is 0. The van der Waals surface area contributed by atoms with Gasteiger partial charge in [-0.05, 0) is 30.4 Å². The van der Waals surface area contributed by atoms with E-state index in [-0.39, 0.29) is 5.82 Å². The Balaban J connectivity index is 2.06. The maximum Gasteiger partial charge on any atom is 0.165 e. The van der Waals surface area contributed by atoms with Crippen LogP contribution in [0.25, 0.3) is 0 Å². The van der Waals surface area contributed by atoms with E-state index in [2.05, 4.69) is 24.1 Å².